The third-order valence-corrected chi connectivity index (χ3v) is 2.18. The van der Waals surface area contributed by atoms with Crippen molar-refractivity contribution in [2.24, 2.45) is 5.73 Å². The van der Waals surface area contributed by atoms with E-state index in [2.05, 4.69) is 0 Å². The van der Waals surface area contributed by atoms with Crippen molar-refractivity contribution in [3.8, 4) is 0 Å². The number of rotatable bonds is 1. The fourth-order valence-electron chi connectivity index (χ4n) is 1.38. The van der Waals surface area contributed by atoms with Gasteiger partial charge in [0.05, 0.1) is 11.1 Å². The molecule has 0 aliphatic rings. The normalized spacial score (nSPS) is 14.8. The largest absolute Gasteiger partial charge is 0.416 e. The monoisotopic (exact) mass is 257 g/mol. The second-order valence-electron chi connectivity index (χ2n) is 3.59. The van der Waals surface area contributed by atoms with Crippen molar-refractivity contribution in [3.63, 3.8) is 0 Å². The fourth-order valence-corrected chi connectivity index (χ4v) is 1.38. The van der Waals surface area contributed by atoms with Crippen LogP contribution in [0.4, 0.5) is 26.3 Å². The van der Waals surface area contributed by atoms with E-state index in [1.807, 2.05) is 0 Å². The van der Waals surface area contributed by atoms with Gasteiger partial charge in [0, 0.05) is 6.04 Å². The standard InChI is InChI=1S/C10H9F6N/c1-5(17)7-3-2-6(9(11,12)13)4-8(7)10(14,15)16/h2-5H,17H2,1H3/t5-/m1/s1. The van der Waals surface area contributed by atoms with Gasteiger partial charge < -0.3 is 5.73 Å². The van der Waals surface area contributed by atoms with Crippen molar-refractivity contribution in [1.29, 1.82) is 0 Å². The molecule has 0 aromatic heterocycles. The highest BCUT2D eigenvalue weighted by Crippen LogP contribution is 2.38. The van der Waals surface area contributed by atoms with Gasteiger partial charge >= 0.3 is 12.4 Å². The fraction of sp³-hybridized carbons (Fsp3) is 0.400. The Morgan fingerprint density at radius 3 is 1.88 bits per heavy atom. The minimum Gasteiger partial charge on any atom is -0.324 e. The van der Waals surface area contributed by atoms with E-state index in [1.54, 1.807) is 0 Å². The first-order valence-corrected chi connectivity index (χ1v) is 4.57. The van der Waals surface area contributed by atoms with Gasteiger partial charge in [0.1, 0.15) is 0 Å². The molecule has 1 aromatic carbocycles. The van der Waals surface area contributed by atoms with Crippen LogP contribution < -0.4 is 5.73 Å². The lowest BCUT2D eigenvalue weighted by atomic mass is 9.98. The van der Waals surface area contributed by atoms with Crippen LogP contribution in [0, 0.1) is 0 Å². The van der Waals surface area contributed by atoms with Gasteiger partial charge in [-0.25, -0.2) is 0 Å². The Hall–Kier alpha value is -1.24. The van der Waals surface area contributed by atoms with Crippen molar-refractivity contribution in [3.05, 3.63) is 34.9 Å². The third-order valence-electron chi connectivity index (χ3n) is 2.18. The van der Waals surface area contributed by atoms with E-state index in [9.17, 15) is 26.3 Å². The Kier molecular flexibility index (Phi) is 3.42. The molecule has 2 N–H and O–H groups in total. The summed E-state index contributed by atoms with van der Waals surface area (Å²) in [4.78, 5) is 0. The van der Waals surface area contributed by atoms with Crippen LogP contribution in [0.2, 0.25) is 0 Å². The van der Waals surface area contributed by atoms with Crippen molar-refractivity contribution >= 4 is 0 Å². The van der Waals surface area contributed by atoms with Gasteiger partial charge in [-0.05, 0) is 24.6 Å². The molecule has 0 aliphatic carbocycles. The van der Waals surface area contributed by atoms with Crippen LogP contribution in [-0.4, -0.2) is 0 Å². The van der Waals surface area contributed by atoms with Gasteiger partial charge in [0.15, 0.2) is 0 Å². The van der Waals surface area contributed by atoms with Gasteiger partial charge in [0.2, 0.25) is 0 Å². The second-order valence-corrected chi connectivity index (χ2v) is 3.59. The molecule has 0 bridgehead atoms. The molecule has 17 heavy (non-hydrogen) atoms. The summed E-state index contributed by atoms with van der Waals surface area (Å²) >= 11 is 0. The first kappa shape index (κ1) is 13.8. The Morgan fingerprint density at radius 1 is 1.00 bits per heavy atom. The molecule has 0 radical (unpaired) electrons. The number of halogens is 6. The summed E-state index contributed by atoms with van der Waals surface area (Å²) in [6.45, 7) is 1.28. The average Bonchev–Trinajstić information content (AvgIpc) is 2.14. The minimum absolute atomic E-state index is 0.0820. The predicted octanol–water partition coefficient (Wildman–Crippen LogP) is 3.74. The Bertz CT molecular complexity index is 404. The maximum atomic E-state index is 12.6. The zero-order chi connectivity index (χ0) is 13.4. The van der Waals surface area contributed by atoms with Gasteiger partial charge in [-0.2, -0.15) is 26.3 Å². The van der Waals surface area contributed by atoms with Crippen molar-refractivity contribution in [1.82, 2.24) is 0 Å². The molecule has 1 aromatic rings. The van der Waals surface area contributed by atoms with Crippen LogP contribution in [0.15, 0.2) is 18.2 Å². The lowest BCUT2D eigenvalue weighted by Gasteiger charge is -2.17. The predicted molar refractivity (Wildman–Crippen MR) is 49.0 cm³/mol. The van der Waals surface area contributed by atoms with E-state index in [-0.39, 0.29) is 11.6 Å². The van der Waals surface area contributed by atoms with Gasteiger partial charge in [-0.1, -0.05) is 6.07 Å². The molecule has 0 aliphatic heterocycles. The SMILES string of the molecule is C[C@@H](N)c1ccc(C(F)(F)F)cc1C(F)(F)F. The lowest BCUT2D eigenvalue weighted by molar-refractivity contribution is -0.143. The second kappa shape index (κ2) is 4.21. The molecule has 96 valence electrons. The molecule has 0 saturated carbocycles. The molecule has 0 fully saturated rings. The van der Waals surface area contributed by atoms with Gasteiger partial charge in [-0.3, -0.25) is 0 Å². The van der Waals surface area contributed by atoms with Crippen LogP contribution in [-0.2, 0) is 12.4 Å². The number of hydrogen-bond acceptors (Lipinski definition) is 1. The van der Waals surface area contributed by atoms with Crippen LogP contribution in [0.5, 0.6) is 0 Å². The summed E-state index contributed by atoms with van der Waals surface area (Å²) < 4.78 is 74.5. The Labute approximate surface area is 93.2 Å². The lowest BCUT2D eigenvalue weighted by Crippen LogP contribution is -2.17. The van der Waals surface area contributed by atoms with Crippen LogP contribution in [0.25, 0.3) is 0 Å². The quantitative estimate of drug-likeness (QED) is 0.762. The first-order valence-electron chi connectivity index (χ1n) is 4.57. The molecule has 0 unspecified atom stereocenters. The molecule has 0 saturated heterocycles. The summed E-state index contributed by atoms with van der Waals surface area (Å²) in [6.07, 6.45) is -9.67. The smallest absolute Gasteiger partial charge is 0.324 e. The molecule has 1 atom stereocenters. The zero-order valence-corrected chi connectivity index (χ0v) is 8.65. The van der Waals surface area contributed by atoms with E-state index >= 15 is 0 Å². The van der Waals surface area contributed by atoms with Crippen LogP contribution in [0.3, 0.4) is 0 Å². The van der Waals surface area contributed by atoms with Gasteiger partial charge in [-0.15, -0.1) is 0 Å². The number of alkyl halides is 6. The van der Waals surface area contributed by atoms with Crippen LogP contribution in [0.1, 0.15) is 29.7 Å². The van der Waals surface area contributed by atoms with Gasteiger partial charge in [0.25, 0.3) is 0 Å². The maximum Gasteiger partial charge on any atom is 0.416 e. The summed E-state index contributed by atoms with van der Waals surface area (Å²) in [5, 5.41) is 0. The highest BCUT2D eigenvalue weighted by molar-refractivity contribution is 5.37. The topological polar surface area (TPSA) is 26.0 Å². The molecule has 1 rings (SSSR count). The summed E-state index contributed by atoms with van der Waals surface area (Å²) in [6, 6.07) is 0.442. The van der Waals surface area contributed by atoms with Crippen LogP contribution >= 0.6 is 0 Å². The molecular formula is C10H9F6N. The molecule has 0 amide bonds. The van der Waals surface area contributed by atoms with E-state index in [4.69, 9.17) is 5.73 Å². The minimum atomic E-state index is -4.86. The number of hydrogen-bond donors (Lipinski definition) is 1. The number of benzene rings is 1. The van der Waals surface area contributed by atoms with Crippen molar-refractivity contribution < 1.29 is 26.3 Å². The van der Waals surface area contributed by atoms with E-state index in [0.29, 0.717) is 6.07 Å². The third kappa shape index (κ3) is 3.12. The molecular weight excluding hydrogens is 248 g/mol. The van der Waals surface area contributed by atoms with E-state index in [1.165, 1.54) is 6.92 Å². The first-order chi connectivity index (χ1) is 7.53. The van der Waals surface area contributed by atoms with E-state index in [0.717, 1.165) is 6.07 Å². The highest BCUT2D eigenvalue weighted by atomic mass is 19.4. The summed E-state index contributed by atoms with van der Waals surface area (Å²) in [7, 11) is 0. The zero-order valence-electron chi connectivity index (χ0n) is 8.65. The Morgan fingerprint density at radius 2 is 1.53 bits per heavy atom. The molecule has 1 nitrogen and oxygen atoms in total. The summed E-state index contributed by atoms with van der Waals surface area (Å²) in [5.41, 5.74) is 2.25. The van der Waals surface area contributed by atoms with E-state index < -0.39 is 29.5 Å². The van der Waals surface area contributed by atoms with Crippen molar-refractivity contribution in [2.75, 3.05) is 0 Å². The van der Waals surface area contributed by atoms with Crippen molar-refractivity contribution in [2.45, 2.75) is 25.3 Å². The summed E-state index contributed by atoms with van der Waals surface area (Å²) in [5.74, 6) is 0. The average molecular weight is 257 g/mol. The number of nitrogens with two attached hydrogens (primary N) is 1. The molecule has 0 spiro atoms. The highest BCUT2D eigenvalue weighted by Gasteiger charge is 2.38. The maximum absolute atomic E-state index is 12.6. The molecule has 0 heterocycles. The molecule has 7 heteroatoms. The Balaban J connectivity index is 3.41.